The first kappa shape index (κ1) is 11.0. The fourth-order valence-corrected chi connectivity index (χ4v) is 2.28. The van der Waals surface area contributed by atoms with Gasteiger partial charge in [-0.1, -0.05) is 12.1 Å². The first-order valence-electron chi connectivity index (χ1n) is 5.82. The smallest absolute Gasteiger partial charge is 0.244 e. The highest BCUT2D eigenvalue weighted by atomic mass is 16.3. The largest absolute Gasteiger partial charge is 0.493 e. The molecule has 1 aliphatic heterocycles. The van der Waals surface area contributed by atoms with Crippen LogP contribution in [0.4, 0.5) is 5.69 Å². The first-order valence-corrected chi connectivity index (χ1v) is 5.82. The van der Waals surface area contributed by atoms with Crippen molar-refractivity contribution in [3.05, 3.63) is 30.3 Å². The summed E-state index contributed by atoms with van der Waals surface area (Å²) < 4.78 is 0. The van der Waals surface area contributed by atoms with Crippen molar-refractivity contribution < 1.29 is 9.90 Å². The zero-order valence-corrected chi connectivity index (χ0v) is 9.71. The lowest BCUT2D eigenvalue weighted by molar-refractivity contribution is -0.118. The molecular weight excluding hydrogens is 230 g/mol. The van der Waals surface area contributed by atoms with Gasteiger partial charge in [0, 0.05) is 18.0 Å². The molecule has 1 aromatic carbocycles. The number of benzene rings is 1. The second-order valence-corrected chi connectivity index (χ2v) is 4.40. The third kappa shape index (κ3) is 1.60. The Morgan fingerprint density at radius 2 is 2.17 bits per heavy atom. The minimum atomic E-state index is -0.433. The Balaban J connectivity index is 2.17. The number of aromatic nitrogens is 1. The molecule has 1 aromatic heterocycles. The predicted molar refractivity (Wildman–Crippen MR) is 68.4 cm³/mol. The van der Waals surface area contributed by atoms with E-state index in [2.05, 4.69) is 4.98 Å². The van der Waals surface area contributed by atoms with Gasteiger partial charge in [-0.15, -0.1) is 0 Å². The Morgan fingerprint density at radius 1 is 1.33 bits per heavy atom. The fraction of sp³-hybridized carbons (Fsp3) is 0.231. The van der Waals surface area contributed by atoms with Gasteiger partial charge in [0.15, 0.2) is 0 Å². The molecule has 18 heavy (non-hydrogen) atoms. The van der Waals surface area contributed by atoms with Gasteiger partial charge in [-0.05, 0) is 18.6 Å². The van der Waals surface area contributed by atoms with Crippen molar-refractivity contribution in [3.63, 3.8) is 0 Å². The molecule has 3 rings (SSSR count). The van der Waals surface area contributed by atoms with Crippen LogP contribution < -0.4 is 10.6 Å². The van der Waals surface area contributed by atoms with Gasteiger partial charge in [-0.2, -0.15) is 0 Å². The summed E-state index contributed by atoms with van der Waals surface area (Å²) >= 11 is 0. The monoisotopic (exact) mass is 243 g/mol. The summed E-state index contributed by atoms with van der Waals surface area (Å²) in [4.78, 5) is 17.7. The van der Waals surface area contributed by atoms with E-state index in [-0.39, 0.29) is 11.8 Å². The molecule has 1 atom stereocenters. The Kier molecular flexibility index (Phi) is 2.41. The van der Waals surface area contributed by atoms with Gasteiger partial charge in [0.25, 0.3) is 0 Å². The Morgan fingerprint density at radius 3 is 2.89 bits per heavy atom. The minimum Gasteiger partial charge on any atom is -0.493 e. The number of hydrogen-bond acceptors (Lipinski definition) is 4. The number of para-hydroxylation sites is 1. The number of fused-ring (bicyclic) bond motifs is 1. The van der Waals surface area contributed by atoms with E-state index in [1.807, 2.05) is 18.2 Å². The zero-order chi connectivity index (χ0) is 12.7. The highest BCUT2D eigenvalue weighted by molar-refractivity contribution is 6.05. The molecule has 1 fully saturated rings. The number of rotatable bonds is 1. The summed E-state index contributed by atoms with van der Waals surface area (Å²) in [5.41, 5.74) is 7.05. The molecule has 92 valence electrons. The van der Waals surface area contributed by atoms with Gasteiger partial charge < -0.3 is 15.7 Å². The van der Waals surface area contributed by atoms with Gasteiger partial charge in [0.05, 0.1) is 17.2 Å². The van der Waals surface area contributed by atoms with Crippen LogP contribution in [0.15, 0.2) is 30.3 Å². The second kappa shape index (κ2) is 3.96. The van der Waals surface area contributed by atoms with Crippen LogP contribution in [0.5, 0.6) is 5.88 Å². The highest BCUT2D eigenvalue weighted by Crippen LogP contribution is 2.29. The number of nitrogens with zero attached hydrogens (tertiary/aromatic N) is 2. The minimum absolute atomic E-state index is 0.0501. The number of pyridine rings is 1. The topological polar surface area (TPSA) is 79.4 Å². The Bertz CT molecular complexity index is 627. The average molecular weight is 243 g/mol. The summed E-state index contributed by atoms with van der Waals surface area (Å²) in [5, 5.41) is 10.4. The number of anilines is 1. The van der Waals surface area contributed by atoms with Crippen LogP contribution in [-0.2, 0) is 4.79 Å². The van der Waals surface area contributed by atoms with Gasteiger partial charge in [-0.3, -0.25) is 4.79 Å². The lowest BCUT2D eigenvalue weighted by atomic mass is 10.2. The number of carbonyl (C=O) groups is 1. The van der Waals surface area contributed by atoms with Crippen molar-refractivity contribution in [3.8, 4) is 5.88 Å². The zero-order valence-electron chi connectivity index (χ0n) is 9.71. The van der Waals surface area contributed by atoms with E-state index in [9.17, 15) is 9.90 Å². The van der Waals surface area contributed by atoms with Crippen LogP contribution in [0.25, 0.3) is 10.9 Å². The SMILES string of the molecule is N[C@H]1CCN(c2cccc3ccc(O)nc23)C1=O. The summed E-state index contributed by atoms with van der Waals surface area (Å²) in [7, 11) is 0. The van der Waals surface area contributed by atoms with E-state index in [0.717, 1.165) is 5.39 Å². The fourth-order valence-electron chi connectivity index (χ4n) is 2.28. The third-order valence-electron chi connectivity index (χ3n) is 3.22. The summed E-state index contributed by atoms with van der Waals surface area (Å²) in [6, 6.07) is 8.47. The molecule has 2 aromatic rings. The lowest BCUT2D eigenvalue weighted by Crippen LogP contribution is -2.34. The Labute approximate surface area is 104 Å². The quantitative estimate of drug-likeness (QED) is 0.783. The van der Waals surface area contributed by atoms with Crippen molar-refractivity contribution in [1.29, 1.82) is 0 Å². The van der Waals surface area contributed by atoms with E-state index in [1.54, 1.807) is 11.0 Å². The normalized spacial score (nSPS) is 19.7. The van der Waals surface area contributed by atoms with Gasteiger partial charge in [0.2, 0.25) is 11.8 Å². The van der Waals surface area contributed by atoms with Crippen LogP contribution in [0.3, 0.4) is 0 Å². The molecule has 1 aliphatic rings. The maximum atomic E-state index is 11.9. The maximum absolute atomic E-state index is 11.9. The number of nitrogens with two attached hydrogens (primary N) is 1. The third-order valence-corrected chi connectivity index (χ3v) is 3.22. The molecule has 5 heteroatoms. The van der Waals surface area contributed by atoms with Crippen LogP contribution in [-0.4, -0.2) is 28.6 Å². The van der Waals surface area contributed by atoms with Crippen molar-refractivity contribution in [2.24, 2.45) is 5.73 Å². The molecule has 2 heterocycles. The summed E-state index contributed by atoms with van der Waals surface area (Å²) in [6.07, 6.45) is 0.647. The van der Waals surface area contributed by atoms with E-state index < -0.39 is 6.04 Å². The van der Waals surface area contributed by atoms with Gasteiger partial charge in [-0.25, -0.2) is 4.98 Å². The van der Waals surface area contributed by atoms with Crippen LogP contribution in [0.2, 0.25) is 0 Å². The molecular formula is C13H13N3O2. The highest BCUT2D eigenvalue weighted by Gasteiger charge is 2.30. The summed E-state index contributed by atoms with van der Waals surface area (Å²) in [6.45, 7) is 0.594. The van der Waals surface area contributed by atoms with Crippen molar-refractivity contribution >= 4 is 22.5 Å². The number of amides is 1. The van der Waals surface area contributed by atoms with E-state index in [4.69, 9.17) is 5.73 Å². The number of carbonyl (C=O) groups excluding carboxylic acids is 1. The molecule has 3 N–H and O–H groups in total. The second-order valence-electron chi connectivity index (χ2n) is 4.40. The molecule has 0 bridgehead atoms. The Hall–Kier alpha value is -2.14. The number of hydrogen-bond donors (Lipinski definition) is 2. The average Bonchev–Trinajstić information content (AvgIpc) is 2.69. The van der Waals surface area contributed by atoms with Crippen LogP contribution in [0.1, 0.15) is 6.42 Å². The molecule has 5 nitrogen and oxygen atoms in total. The van der Waals surface area contributed by atoms with Crippen molar-refractivity contribution in [1.82, 2.24) is 4.98 Å². The maximum Gasteiger partial charge on any atom is 0.244 e. The molecule has 0 saturated carbocycles. The van der Waals surface area contributed by atoms with E-state index in [1.165, 1.54) is 6.07 Å². The van der Waals surface area contributed by atoms with Gasteiger partial charge >= 0.3 is 0 Å². The lowest BCUT2D eigenvalue weighted by Gasteiger charge is -2.17. The molecule has 0 spiro atoms. The summed E-state index contributed by atoms with van der Waals surface area (Å²) in [5.74, 6) is -0.140. The molecule has 1 saturated heterocycles. The van der Waals surface area contributed by atoms with Crippen LogP contribution >= 0.6 is 0 Å². The standard InChI is InChI=1S/C13H13N3O2/c14-9-6-7-16(13(9)18)10-3-1-2-8-4-5-11(17)15-12(8)10/h1-5,9H,6-7,14H2,(H,15,17)/t9-/m0/s1. The molecule has 0 unspecified atom stereocenters. The number of aromatic hydroxyl groups is 1. The van der Waals surface area contributed by atoms with Crippen LogP contribution in [0, 0.1) is 0 Å². The molecule has 0 radical (unpaired) electrons. The van der Waals surface area contributed by atoms with Crippen molar-refractivity contribution in [2.75, 3.05) is 11.4 Å². The van der Waals surface area contributed by atoms with E-state index in [0.29, 0.717) is 24.2 Å². The first-order chi connectivity index (χ1) is 8.66. The van der Waals surface area contributed by atoms with Gasteiger partial charge in [0.1, 0.15) is 0 Å². The predicted octanol–water partition coefficient (Wildman–Crippen LogP) is 1.00. The van der Waals surface area contributed by atoms with Crippen molar-refractivity contribution in [2.45, 2.75) is 12.5 Å². The van der Waals surface area contributed by atoms with E-state index >= 15 is 0 Å². The molecule has 1 amide bonds. The molecule has 0 aliphatic carbocycles.